The first-order chi connectivity index (χ1) is 15.4. The van der Waals surface area contributed by atoms with Gasteiger partial charge in [0, 0.05) is 56.8 Å². The van der Waals surface area contributed by atoms with E-state index in [9.17, 15) is 4.79 Å². The molecule has 3 aromatic rings. The third kappa shape index (κ3) is 5.30. The van der Waals surface area contributed by atoms with Gasteiger partial charge in [0.05, 0.1) is 17.7 Å². The second kappa shape index (κ2) is 10.0. The maximum Gasteiger partial charge on any atom is 0.222 e. The van der Waals surface area contributed by atoms with E-state index in [-0.39, 0.29) is 5.91 Å². The fourth-order valence-electron chi connectivity index (χ4n) is 4.29. The summed E-state index contributed by atoms with van der Waals surface area (Å²) in [5, 5.41) is 7.70. The van der Waals surface area contributed by atoms with E-state index in [1.807, 2.05) is 17.0 Å². The molecule has 3 aromatic heterocycles. The highest BCUT2D eigenvalue weighted by Crippen LogP contribution is 2.25. The van der Waals surface area contributed by atoms with Gasteiger partial charge in [-0.25, -0.2) is 4.98 Å². The lowest BCUT2D eigenvalue weighted by Crippen LogP contribution is -2.48. The van der Waals surface area contributed by atoms with Crippen LogP contribution in [0.3, 0.4) is 0 Å². The third-order valence-corrected chi connectivity index (χ3v) is 6.96. The number of rotatable bonds is 8. The molecule has 0 bridgehead atoms. The summed E-state index contributed by atoms with van der Waals surface area (Å²) in [7, 11) is 0. The molecule has 0 spiro atoms. The van der Waals surface area contributed by atoms with Crippen molar-refractivity contribution < 1.29 is 9.21 Å². The number of carbonyl (C=O) groups is 1. The summed E-state index contributed by atoms with van der Waals surface area (Å²) >= 11 is 1.61. The lowest BCUT2D eigenvalue weighted by molar-refractivity contribution is -0.133. The molecule has 1 aliphatic rings. The van der Waals surface area contributed by atoms with Crippen LogP contribution in [0, 0.1) is 19.8 Å². The van der Waals surface area contributed by atoms with E-state index in [0.29, 0.717) is 12.3 Å². The maximum atomic E-state index is 12.8. The molecule has 1 saturated heterocycles. The Balaban J connectivity index is 1.25. The first kappa shape index (κ1) is 22.7. The van der Waals surface area contributed by atoms with Gasteiger partial charge in [0.2, 0.25) is 5.91 Å². The van der Waals surface area contributed by atoms with Crippen molar-refractivity contribution in [2.45, 2.75) is 53.6 Å². The lowest BCUT2D eigenvalue weighted by atomic mass is 10.1. The number of piperazine rings is 1. The Morgan fingerprint density at radius 1 is 1.22 bits per heavy atom. The number of nitrogens with zero attached hydrogens (tertiary/aromatic N) is 5. The minimum Gasteiger partial charge on any atom is -0.462 e. The molecule has 32 heavy (non-hydrogen) atoms. The summed E-state index contributed by atoms with van der Waals surface area (Å²) in [4.78, 5) is 21.9. The highest BCUT2D eigenvalue weighted by atomic mass is 32.1. The largest absolute Gasteiger partial charge is 0.462 e. The predicted molar refractivity (Wildman–Crippen MR) is 127 cm³/mol. The maximum absolute atomic E-state index is 12.8. The molecule has 8 heteroatoms. The molecule has 0 unspecified atom stereocenters. The highest BCUT2D eigenvalue weighted by Gasteiger charge is 2.23. The average Bonchev–Trinajstić information content (AvgIpc) is 3.49. The Hall–Kier alpha value is -2.45. The standard InChI is InChI=1S/C24H33N5O2S/c1-17(2)14-29-19(4)21(18(3)26-29)7-8-23(30)28-11-9-27(10-12-28)15-20-16-32-24(25-20)22-6-5-13-31-22/h5-6,13,16-17H,7-12,14-15H2,1-4H3. The van der Waals surface area contributed by atoms with Crippen LogP contribution in [0.25, 0.3) is 10.8 Å². The number of aromatic nitrogens is 3. The zero-order valence-corrected chi connectivity index (χ0v) is 20.3. The number of carbonyl (C=O) groups excluding carboxylic acids is 1. The highest BCUT2D eigenvalue weighted by molar-refractivity contribution is 7.13. The zero-order chi connectivity index (χ0) is 22.7. The second-order valence-corrected chi connectivity index (χ2v) is 9.86. The smallest absolute Gasteiger partial charge is 0.222 e. The summed E-state index contributed by atoms with van der Waals surface area (Å²) in [6.07, 6.45) is 2.99. The van der Waals surface area contributed by atoms with Gasteiger partial charge >= 0.3 is 0 Å². The average molecular weight is 456 g/mol. The first-order valence-corrected chi connectivity index (χ1v) is 12.3. The van der Waals surface area contributed by atoms with Crippen molar-refractivity contribution in [3.05, 3.63) is 46.4 Å². The zero-order valence-electron chi connectivity index (χ0n) is 19.5. The molecule has 0 atom stereocenters. The number of furan rings is 1. The lowest BCUT2D eigenvalue weighted by Gasteiger charge is -2.34. The van der Waals surface area contributed by atoms with Crippen LogP contribution in [0.1, 0.15) is 42.9 Å². The van der Waals surface area contributed by atoms with Crippen molar-refractivity contribution in [3.8, 4) is 10.8 Å². The van der Waals surface area contributed by atoms with Crippen molar-refractivity contribution in [2.75, 3.05) is 26.2 Å². The Morgan fingerprint density at radius 3 is 2.69 bits per heavy atom. The summed E-state index contributed by atoms with van der Waals surface area (Å²) in [5.41, 5.74) is 4.54. The van der Waals surface area contributed by atoms with Crippen molar-refractivity contribution >= 4 is 17.2 Å². The minimum absolute atomic E-state index is 0.244. The monoisotopic (exact) mass is 455 g/mol. The number of thiazole rings is 1. The van der Waals surface area contributed by atoms with Crippen LogP contribution in [0.4, 0.5) is 0 Å². The number of amides is 1. The van der Waals surface area contributed by atoms with E-state index in [0.717, 1.165) is 67.8 Å². The summed E-state index contributed by atoms with van der Waals surface area (Å²) in [6.45, 7) is 13.6. The molecule has 1 aliphatic heterocycles. The molecule has 0 radical (unpaired) electrons. The van der Waals surface area contributed by atoms with Crippen molar-refractivity contribution in [1.82, 2.24) is 24.6 Å². The van der Waals surface area contributed by atoms with Gasteiger partial charge in [-0.15, -0.1) is 11.3 Å². The van der Waals surface area contributed by atoms with Gasteiger partial charge in [-0.05, 0) is 43.9 Å². The molecule has 0 N–H and O–H groups in total. The van der Waals surface area contributed by atoms with Crippen LogP contribution < -0.4 is 0 Å². The molecule has 0 aromatic carbocycles. The Labute approximate surface area is 194 Å². The van der Waals surface area contributed by atoms with Crippen LogP contribution in [0.5, 0.6) is 0 Å². The molecule has 1 fully saturated rings. The third-order valence-electron chi connectivity index (χ3n) is 6.05. The molecule has 1 amide bonds. The normalized spacial score (nSPS) is 15.1. The summed E-state index contributed by atoms with van der Waals surface area (Å²) in [5.74, 6) is 1.62. The molecule has 0 saturated carbocycles. The van der Waals surface area contributed by atoms with E-state index < -0.39 is 0 Å². The van der Waals surface area contributed by atoms with E-state index in [2.05, 4.69) is 47.8 Å². The molecule has 7 nitrogen and oxygen atoms in total. The van der Waals surface area contributed by atoms with Gasteiger partial charge in [0.15, 0.2) is 10.8 Å². The Bertz CT molecular complexity index is 1030. The van der Waals surface area contributed by atoms with Gasteiger partial charge in [0.25, 0.3) is 0 Å². The van der Waals surface area contributed by atoms with E-state index in [4.69, 9.17) is 9.40 Å². The topological polar surface area (TPSA) is 67.4 Å². The van der Waals surface area contributed by atoms with E-state index >= 15 is 0 Å². The van der Waals surface area contributed by atoms with Crippen LogP contribution in [0.2, 0.25) is 0 Å². The summed E-state index contributed by atoms with van der Waals surface area (Å²) in [6, 6.07) is 3.82. The van der Waals surface area contributed by atoms with Crippen LogP contribution in [0.15, 0.2) is 28.2 Å². The number of hydrogen-bond acceptors (Lipinski definition) is 6. The van der Waals surface area contributed by atoms with E-state index in [1.165, 1.54) is 11.3 Å². The van der Waals surface area contributed by atoms with Crippen LogP contribution in [-0.4, -0.2) is 56.7 Å². The van der Waals surface area contributed by atoms with Gasteiger partial charge in [-0.1, -0.05) is 13.8 Å². The molecule has 172 valence electrons. The Kier molecular flexibility index (Phi) is 7.10. The molecule has 0 aliphatic carbocycles. The SMILES string of the molecule is Cc1nn(CC(C)C)c(C)c1CCC(=O)N1CCN(Cc2csc(-c3ccco3)n2)CC1. The van der Waals surface area contributed by atoms with Gasteiger partial charge < -0.3 is 9.32 Å². The van der Waals surface area contributed by atoms with E-state index in [1.54, 1.807) is 17.6 Å². The van der Waals surface area contributed by atoms with Crippen molar-refractivity contribution in [1.29, 1.82) is 0 Å². The van der Waals surface area contributed by atoms with Gasteiger partial charge in [-0.3, -0.25) is 14.4 Å². The van der Waals surface area contributed by atoms with Gasteiger partial charge in [0.1, 0.15) is 0 Å². The molecular weight excluding hydrogens is 422 g/mol. The quantitative estimate of drug-likeness (QED) is 0.510. The molecule has 4 rings (SSSR count). The van der Waals surface area contributed by atoms with Gasteiger partial charge in [-0.2, -0.15) is 5.10 Å². The second-order valence-electron chi connectivity index (χ2n) is 9.00. The predicted octanol–water partition coefficient (Wildman–Crippen LogP) is 4.15. The van der Waals surface area contributed by atoms with Crippen LogP contribution >= 0.6 is 11.3 Å². The first-order valence-electron chi connectivity index (χ1n) is 11.4. The molecule has 4 heterocycles. The Morgan fingerprint density at radius 2 is 2.00 bits per heavy atom. The fourth-order valence-corrected chi connectivity index (χ4v) is 5.06. The van der Waals surface area contributed by atoms with Crippen LogP contribution in [-0.2, 0) is 24.3 Å². The van der Waals surface area contributed by atoms with Crippen molar-refractivity contribution in [2.24, 2.45) is 5.92 Å². The number of aryl methyl sites for hydroxylation is 1. The summed E-state index contributed by atoms with van der Waals surface area (Å²) < 4.78 is 7.53. The fraction of sp³-hybridized carbons (Fsp3) is 0.542. The van der Waals surface area contributed by atoms with Crippen molar-refractivity contribution in [3.63, 3.8) is 0 Å². The minimum atomic E-state index is 0.244. The number of hydrogen-bond donors (Lipinski definition) is 0. The molecular formula is C24H33N5O2S.